The minimum atomic E-state index is -0.291. The summed E-state index contributed by atoms with van der Waals surface area (Å²) in [6.45, 7) is 6.75. The van der Waals surface area contributed by atoms with Crippen molar-refractivity contribution in [2.75, 3.05) is 18.4 Å². The molecule has 1 heterocycles. The van der Waals surface area contributed by atoms with Gasteiger partial charge < -0.3 is 10.6 Å². The van der Waals surface area contributed by atoms with E-state index in [0.717, 1.165) is 25.8 Å². The van der Waals surface area contributed by atoms with Crippen LogP contribution in [0.25, 0.3) is 0 Å². The van der Waals surface area contributed by atoms with Crippen molar-refractivity contribution >= 4 is 17.5 Å². The average molecular weight is 342 g/mol. The van der Waals surface area contributed by atoms with Crippen molar-refractivity contribution in [3.63, 3.8) is 0 Å². The fourth-order valence-corrected chi connectivity index (χ4v) is 2.98. The van der Waals surface area contributed by atoms with E-state index < -0.39 is 0 Å². The number of carbonyl (C=O) groups is 2. The number of benzene rings is 1. The number of anilines is 1. The van der Waals surface area contributed by atoms with E-state index in [1.54, 1.807) is 24.3 Å². The summed E-state index contributed by atoms with van der Waals surface area (Å²) in [7, 11) is 0. The van der Waals surface area contributed by atoms with Crippen LogP contribution >= 0.6 is 0 Å². The van der Waals surface area contributed by atoms with Crippen molar-refractivity contribution in [1.29, 1.82) is 5.26 Å². The Balaban J connectivity index is 1.99. The summed E-state index contributed by atoms with van der Waals surface area (Å²) in [4.78, 5) is 26.8. The Morgan fingerprint density at radius 2 is 2.08 bits per heavy atom. The highest BCUT2D eigenvalue weighted by atomic mass is 16.2. The van der Waals surface area contributed by atoms with Gasteiger partial charge in [-0.25, -0.2) is 0 Å². The van der Waals surface area contributed by atoms with Crippen molar-refractivity contribution in [1.82, 2.24) is 10.2 Å². The number of nitrogens with zero attached hydrogens (tertiary/aromatic N) is 2. The lowest BCUT2D eigenvalue weighted by molar-refractivity contribution is -0.130. The Morgan fingerprint density at radius 1 is 1.32 bits per heavy atom. The molecule has 1 fully saturated rings. The van der Waals surface area contributed by atoms with Gasteiger partial charge in [-0.05, 0) is 58.4 Å². The predicted octanol–water partition coefficient (Wildman–Crippen LogP) is 2.27. The SMILES string of the molecule is CC(C)(C)NC(=O)[C@H]1CCCCN1CC(=O)Nc1cccc(C#N)c1. The zero-order valence-electron chi connectivity index (χ0n) is 15.1. The Labute approximate surface area is 149 Å². The van der Waals surface area contributed by atoms with E-state index in [4.69, 9.17) is 5.26 Å². The number of piperidine rings is 1. The van der Waals surface area contributed by atoms with Crippen LogP contribution in [-0.2, 0) is 9.59 Å². The third-order valence-electron chi connectivity index (χ3n) is 4.04. The van der Waals surface area contributed by atoms with Crippen LogP contribution in [0.3, 0.4) is 0 Å². The van der Waals surface area contributed by atoms with Crippen LogP contribution < -0.4 is 10.6 Å². The number of amides is 2. The highest BCUT2D eigenvalue weighted by Gasteiger charge is 2.31. The normalized spacial score (nSPS) is 18.2. The van der Waals surface area contributed by atoms with Crippen molar-refractivity contribution in [3.05, 3.63) is 29.8 Å². The number of nitrogens with one attached hydrogen (secondary N) is 2. The molecule has 1 aliphatic rings. The van der Waals surface area contributed by atoms with Gasteiger partial charge in [0.1, 0.15) is 0 Å². The minimum absolute atomic E-state index is 0.0218. The molecule has 1 aromatic carbocycles. The number of nitriles is 1. The zero-order chi connectivity index (χ0) is 18.4. The van der Waals surface area contributed by atoms with E-state index >= 15 is 0 Å². The van der Waals surface area contributed by atoms with Crippen LogP contribution in [0, 0.1) is 11.3 Å². The van der Waals surface area contributed by atoms with Crippen molar-refractivity contribution < 1.29 is 9.59 Å². The quantitative estimate of drug-likeness (QED) is 0.879. The minimum Gasteiger partial charge on any atom is -0.350 e. The second-order valence-electron chi connectivity index (χ2n) is 7.46. The number of rotatable bonds is 4. The Kier molecular flexibility index (Phi) is 6.16. The summed E-state index contributed by atoms with van der Waals surface area (Å²) in [5.74, 6) is -0.197. The Hall–Kier alpha value is -2.39. The first-order chi connectivity index (χ1) is 11.8. The monoisotopic (exact) mass is 342 g/mol. The van der Waals surface area contributed by atoms with E-state index in [1.807, 2.05) is 25.7 Å². The summed E-state index contributed by atoms with van der Waals surface area (Å²) in [5.41, 5.74) is 0.801. The number of likely N-dealkylation sites (tertiary alicyclic amines) is 1. The van der Waals surface area contributed by atoms with Crippen molar-refractivity contribution in [3.8, 4) is 6.07 Å². The zero-order valence-corrected chi connectivity index (χ0v) is 15.1. The number of hydrogen-bond donors (Lipinski definition) is 2. The average Bonchev–Trinajstić information content (AvgIpc) is 2.53. The molecule has 0 aromatic heterocycles. The molecule has 0 bridgehead atoms. The fraction of sp³-hybridized carbons (Fsp3) is 0.526. The summed E-state index contributed by atoms with van der Waals surface area (Å²) in [6.07, 6.45) is 2.74. The summed E-state index contributed by atoms with van der Waals surface area (Å²) in [6, 6.07) is 8.58. The first-order valence-electron chi connectivity index (χ1n) is 8.64. The van der Waals surface area contributed by atoms with Crippen LogP contribution in [0.4, 0.5) is 5.69 Å². The smallest absolute Gasteiger partial charge is 0.238 e. The standard InChI is InChI=1S/C19H26N4O2/c1-19(2,3)22-18(25)16-9-4-5-10-23(16)13-17(24)21-15-8-6-7-14(11-15)12-20/h6-8,11,16H,4-5,9-10,13H2,1-3H3,(H,21,24)(H,22,25)/t16-/m1/s1. The summed E-state index contributed by atoms with van der Waals surface area (Å²) < 4.78 is 0. The Bertz CT molecular complexity index is 673. The van der Waals surface area contributed by atoms with Gasteiger partial charge in [0, 0.05) is 11.2 Å². The highest BCUT2D eigenvalue weighted by Crippen LogP contribution is 2.18. The lowest BCUT2D eigenvalue weighted by Crippen LogP contribution is -2.55. The van der Waals surface area contributed by atoms with E-state index in [2.05, 4.69) is 16.7 Å². The molecule has 1 saturated heterocycles. The number of carbonyl (C=O) groups excluding carboxylic acids is 2. The van der Waals surface area contributed by atoms with E-state index in [0.29, 0.717) is 11.3 Å². The van der Waals surface area contributed by atoms with E-state index in [1.165, 1.54) is 0 Å². The van der Waals surface area contributed by atoms with Gasteiger partial charge in [0.2, 0.25) is 11.8 Å². The van der Waals surface area contributed by atoms with Gasteiger partial charge in [-0.1, -0.05) is 12.5 Å². The third-order valence-corrected chi connectivity index (χ3v) is 4.04. The molecule has 134 valence electrons. The lowest BCUT2D eigenvalue weighted by Gasteiger charge is -2.35. The molecule has 6 heteroatoms. The number of hydrogen-bond acceptors (Lipinski definition) is 4. The molecule has 2 N–H and O–H groups in total. The van der Waals surface area contributed by atoms with Crippen LogP contribution in [0.1, 0.15) is 45.6 Å². The second kappa shape index (κ2) is 8.13. The van der Waals surface area contributed by atoms with E-state index in [9.17, 15) is 9.59 Å². The van der Waals surface area contributed by atoms with Gasteiger partial charge in [0.05, 0.1) is 24.2 Å². The Morgan fingerprint density at radius 3 is 2.76 bits per heavy atom. The molecular weight excluding hydrogens is 316 g/mol. The molecule has 0 unspecified atom stereocenters. The molecule has 1 aromatic rings. The summed E-state index contributed by atoms with van der Waals surface area (Å²) in [5, 5.41) is 14.7. The predicted molar refractivity (Wildman–Crippen MR) is 96.9 cm³/mol. The molecule has 1 aliphatic heterocycles. The van der Waals surface area contributed by atoms with Crippen molar-refractivity contribution in [2.45, 2.75) is 51.6 Å². The van der Waals surface area contributed by atoms with Crippen molar-refractivity contribution in [2.24, 2.45) is 0 Å². The van der Waals surface area contributed by atoms with E-state index in [-0.39, 0.29) is 29.9 Å². The molecule has 0 saturated carbocycles. The molecule has 1 atom stereocenters. The van der Waals surface area contributed by atoms with Gasteiger partial charge in [0.15, 0.2) is 0 Å². The first-order valence-corrected chi connectivity index (χ1v) is 8.64. The van der Waals surface area contributed by atoms with Gasteiger partial charge in [-0.3, -0.25) is 14.5 Å². The largest absolute Gasteiger partial charge is 0.350 e. The molecular formula is C19H26N4O2. The summed E-state index contributed by atoms with van der Waals surface area (Å²) >= 11 is 0. The van der Waals surface area contributed by atoms with Crippen LogP contribution in [0.2, 0.25) is 0 Å². The van der Waals surface area contributed by atoms with Gasteiger partial charge in [-0.2, -0.15) is 5.26 Å². The second-order valence-corrected chi connectivity index (χ2v) is 7.46. The van der Waals surface area contributed by atoms with Gasteiger partial charge in [0.25, 0.3) is 0 Å². The molecule has 0 spiro atoms. The molecule has 0 radical (unpaired) electrons. The molecule has 2 amide bonds. The fourth-order valence-electron chi connectivity index (χ4n) is 2.98. The van der Waals surface area contributed by atoms with Crippen LogP contribution in [-0.4, -0.2) is 41.4 Å². The maximum Gasteiger partial charge on any atom is 0.238 e. The van der Waals surface area contributed by atoms with Crippen LogP contribution in [0.15, 0.2) is 24.3 Å². The molecule has 0 aliphatic carbocycles. The maximum absolute atomic E-state index is 12.5. The molecule has 6 nitrogen and oxygen atoms in total. The maximum atomic E-state index is 12.5. The van der Waals surface area contributed by atoms with Gasteiger partial charge >= 0.3 is 0 Å². The first kappa shape index (κ1) is 18.9. The molecule has 2 rings (SSSR count). The lowest BCUT2D eigenvalue weighted by atomic mass is 9.99. The highest BCUT2D eigenvalue weighted by molar-refractivity contribution is 5.93. The topological polar surface area (TPSA) is 85.2 Å². The molecule has 25 heavy (non-hydrogen) atoms. The van der Waals surface area contributed by atoms with Gasteiger partial charge in [-0.15, -0.1) is 0 Å². The van der Waals surface area contributed by atoms with Crippen LogP contribution in [0.5, 0.6) is 0 Å². The third kappa shape index (κ3) is 5.87.